The van der Waals surface area contributed by atoms with E-state index in [0.29, 0.717) is 29.5 Å². The molecule has 0 spiro atoms. The number of rotatable bonds is 9. The maximum absolute atomic E-state index is 12.6. The highest BCUT2D eigenvalue weighted by atomic mass is 32.1. The third-order valence-corrected chi connectivity index (χ3v) is 5.17. The fraction of sp³-hybridized carbons (Fsp3) is 0.318. The van der Waals surface area contributed by atoms with E-state index < -0.39 is 6.10 Å². The summed E-state index contributed by atoms with van der Waals surface area (Å²) < 4.78 is 2.00. The number of aliphatic hydroxyl groups is 1. The van der Waals surface area contributed by atoms with Gasteiger partial charge in [-0.2, -0.15) is 0 Å². The summed E-state index contributed by atoms with van der Waals surface area (Å²) in [7, 11) is 0. The predicted molar refractivity (Wildman–Crippen MR) is 116 cm³/mol. The van der Waals surface area contributed by atoms with Crippen LogP contribution in [0, 0.1) is 4.77 Å². The molecule has 1 aromatic heterocycles. The molecular weight excluding hydrogens is 386 g/mol. The Labute approximate surface area is 174 Å². The lowest BCUT2D eigenvalue weighted by molar-refractivity contribution is -0.121. The molecule has 7 heteroatoms. The van der Waals surface area contributed by atoms with Gasteiger partial charge in [0.15, 0.2) is 4.77 Å². The van der Waals surface area contributed by atoms with Crippen LogP contribution in [0.3, 0.4) is 0 Å². The summed E-state index contributed by atoms with van der Waals surface area (Å²) in [5, 5.41) is 13.5. The van der Waals surface area contributed by atoms with Gasteiger partial charge < -0.3 is 15.4 Å². The molecule has 3 N–H and O–H groups in total. The van der Waals surface area contributed by atoms with Crippen LogP contribution in [0.2, 0.25) is 0 Å². The summed E-state index contributed by atoms with van der Waals surface area (Å²) in [5.41, 5.74) is 1.44. The Balaban J connectivity index is 1.41. The van der Waals surface area contributed by atoms with E-state index in [-0.39, 0.29) is 18.0 Å². The van der Waals surface area contributed by atoms with Crippen LogP contribution in [0.25, 0.3) is 10.9 Å². The van der Waals surface area contributed by atoms with Crippen molar-refractivity contribution in [3.05, 3.63) is 75.3 Å². The van der Waals surface area contributed by atoms with Crippen LogP contribution in [0.1, 0.15) is 37.4 Å². The number of H-pyrrole nitrogens is 1. The van der Waals surface area contributed by atoms with Gasteiger partial charge in [-0.1, -0.05) is 48.9 Å². The quantitative estimate of drug-likeness (QED) is 0.372. The average molecular weight is 412 g/mol. The lowest BCUT2D eigenvalue weighted by Crippen LogP contribution is -2.28. The molecule has 0 saturated heterocycles. The fourth-order valence-electron chi connectivity index (χ4n) is 3.23. The summed E-state index contributed by atoms with van der Waals surface area (Å²) in [6, 6.07) is 16.6. The normalized spacial score (nSPS) is 12.0. The molecule has 0 bridgehead atoms. The maximum Gasteiger partial charge on any atom is 0.262 e. The Morgan fingerprint density at radius 3 is 2.59 bits per heavy atom. The number of carbonyl (C=O) groups excluding carboxylic acids is 1. The van der Waals surface area contributed by atoms with Crippen molar-refractivity contribution in [2.24, 2.45) is 0 Å². The second kappa shape index (κ2) is 10.1. The van der Waals surface area contributed by atoms with Gasteiger partial charge in [0.1, 0.15) is 0 Å². The third kappa shape index (κ3) is 5.62. The van der Waals surface area contributed by atoms with Crippen molar-refractivity contribution >= 4 is 29.0 Å². The second-order valence-corrected chi connectivity index (χ2v) is 7.36. The topological polar surface area (TPSA) is 87.1 Å². The van der Waals surface area contributed by atoms with Gasteiger partial charge in [-0.05, 0) is 42.8 Å². The van der Waals surface area contributed by atoms with Crippen molar-refractivity contribution < 1.29 is 9.90 Å². The van der Waals surface area contributed by atoms with E-state index in [1.54, 1.807) is 10.6 Å². The average Bonchev–Trinajstić information content (AvgIpc) is 2.74. The smallest absolute Gasteiger partial charge is 0.262 e. The van der Waals surface area contributed by atoms with Crippen LogP contribution >= 0.6 is 12.2 Å². The minimum atomic E-state index is -0.707. The zero-order valence-electron chi connectivity index (χ0n) is 16.1. The Morgan fingerprint density at radius 1 is 1.07 bits per heavy atom. The van der Waals surface area contributed by atoms with E-state index in [9.17, 15) is 14.7 Å². The number of amides is 1. The van der Waals surface area contributed by atoms with E-state index in [4.69, 9.17) is 12.2 Å². The van der Waals surface area contributed by atoms with Crippen LogP contribution in [0.5, 0.6) is 0 Å². The van der Waals surface area contributed by atoms with Gasteiger partial charge in [0.2, 0.25) is 5.91 Å². The Bertz CT molecular complexity index is 1080. The lowest BCUT2D eigenvalue weighted by Gasteiger charge is -2.12. The number of hydrogen-bond donors (Lipinski definition) is 3. The molecule has 3 aromatic rings. The number of hydrogen-bond acceptors (Lipinski definition) is 4. The molecule has 1 heterocycles. The number of aromatic nitrogens is 2. The van der Waals surface area contributed by atoms with E-state index in [2.05, 4.69) is 10.3 Å². The predicted octanol–water partition coefficient (Wildman–Crippen LogP) is 3.47. The molecule has 0 saturated carbocycles. The maximum atomic E-state index is 12.6. The van der Waals surface area contributed by atoms with Gasteiger partial charge in [-0.15, -0.1) is 0 Å². The zero-order chi connectivity index (χ0) is 20.6. The molecule has 1 atom stereocenters. The first kappa shape index (κ1) is 21.0. The molecule has 0 fully saturated rings. The molecule has 1 amide bonds. The highest BCUT2D eigenvalue weighted by Gasteiger charge is 2.09. The SMILES string of the molecule is O=C(CCCCCn1c(=S)[nH]c2ccccc2c1=O)NCC(O)c1ccccc1. The van der Waals surface area contributed by atoms with Crippen LogP contribution in [-0.2, 0) is 11.3 Å². The van der Waals surface area contributed by atoms with Gasteiger partial charge in [0.25, 0.3) is 5.56 Å². The molecule has 6 nitrogen and oxygen atoms in total. The van der Waals surface area contributed by atoms with Gasteiger partial charge in [-0.25, -0.2) is 0 Å². The van der Waals surface area contributed by atoms with Crippen molar-refractivity contribution in [3.8, 4) is 0 Å². The number of unbranched alkanes of at least 4 members (excludes halogenated alkanes) is 2. The summed E-state index contributed by atoms with van der Waals surface area (Å²) in [4.78, 5) is 27.6. The number of fused-ring (bicyclic) bond motifs is 1. The van der Waals surface area contributed by atoms with Crippen LogP contribution < -0.4 is 10.9 Å². The number of aromatic amines is 1. The second-order valence-electron chi connectivity index (χ2n) is 6.97. The van der Waals surface area contributed by atoms with Gasteiger partial charge in [-0.3, -0.25) is 14.2 Å². The molecule has 0 aliphatic carbocycles. The minimum absolute atomic E-state index is 0.0832. The number of nitrogens with one attached hydrogen (secondary N) is 2. The van der Waals surface area contributed by atoms with E-state index >= 15 is 0 Å². The van der Waals surface area contributed by atoms with Gasteiger partial charge in [0.05, 0.1) is 17.0 Å². The Hall–Kier alpha value is -2.77. The van der Waals surface area contributed by atoms with Crippen molar-refractivity contribution in [2.75, 3.05) is 6.54 Å². The number of benzene rings is 2. The first-order chi connectivity index (χ1) is 14.1. The third-order valence-electron chi connectivity index (χ3n) is 4.85. The molecule has 0 radical (unpaired) electrons. The first-order valence-corrected chi connectivity index (χ1v) is 10.2. The van der Waals surface area contributed by atoms with Crippen LogP contribution in [0.4, 0.5) is 0 Å². The van der Waals surface area contributed by atoms with Gasteiger partial charge >= 0.3 is 0 Å². The monoisotopic (exact) mass is 411 g/mol. The summed E-state index contributed by atoms with van der Waals surface area (Å²) in [5.74, 6) is -0.0832. The molecule has 29 heavy (non-hydrogen) atoms. The van der Waals surface area contributed by atoms with Crippen molar-refractivity contribution in [1.29, 1.82) is 0 Å². The highest BCUT2D eigenvalue weighted by molar-refractivity contribution is 7.71. The lowest BCUT2D eigenvalue weighted by atomic mass is 10.1. The van der Waals surface area contributed by atoms with Crippen LogP contribution in [-0.4, -0.2) is 27.1 Å². The van der Waals surface area contributed by atoms with E-state index in [0.717, 1.165) is 23.9 Å². The molecule has 1 unspecified atom stereocenters. The number of aliphatic hydroxyl groups excluding tert-OH is 1. The molecule has 0 aliphatic heterocycles. The molecular formula is C22H25N3O3S. The van der Waals surface area contributed by atoms with Crippen molar-refractivity contribution in [3.63, 3.8) is 0 Å². The summed E-state index contributed by atoms with van der Waals surface area (Å²) in [6.07, 6.45) is 1.97. The number of para-hydroxylation sites is 1. The Morgan fingerprint density at radius 2 is 1.79 bits per heavy atom. The zero-order valence-corrected chi connectivity index (χ0v) is 17.0. The van der Waals surface area contributed by atoms with Crippen LogP contribution in [0.15, 0.2) is 59.4 Å². The summed E-state index contributed by atoms with van der Waals surface area (Å²) >= 11 is 5.31. The number of carbonyl (C=O) groups is 1. The number of nitrogens with zero attached hydrogens (tertiary/aromatic N) is 1. The van der Waals surface area contributed by atoms with Crippen molar-refractivity contribution in [2.45, 2.75) is 38.3 Å². The minimum Gasteiger partial charge on any atom is -0.387 e. The highest BCUT2D eigenvalue weighted by Crippen LogP contribution is 2.11. The summed E-state index contributed by atoms with van der Waals surface area (Å²) in [6.45, 7) is 0.720. The molecule has 0 aliphatic rings. The van der Waals surface area contributed by atoms with E-state index in [1.165, 1.54) is 0 Å². The van der Waals surface area contributed by atoms with Gasteiger partial charge in [0, 0.05) is 19.5 Å². The first-order valence-electron chi connectivity index (χ1n) is 9.78. The standard InChI is InChI=1S/C22H25N3O3S/c26-19(16-9-3-1-4-10-16)15-23-20(27)13-5-2-8-14-25-21(28)17-11-6-7-12-18(17)24-22(25)29/h1,3-4,6-7,9-12,19,26H,2,5,8,13-15H2,(H,23,27)(H,24,29). The molecule has 2 aromatic carbocycles. The fourth-order valence-corrected chi connectivity index (χ4v) is 3.51. The largest absolute Gasteiger partial charge is 0.387 e. The van der Waals surface area contributed by atoms with E-state index in [1.807, 2.05) is 48.5 Å². The van der Waals surface area contributed by atoms with Crippen molar-refractivity contribution in [1.82, 2.24) is 14.9 Å². The molecule has 152 valence electrons. The Kier molecular flexibility index (Phi) is 7.32. The molecule has 3 rings (SSSR count).